The number of H-pyrrole nitrogens is 1. The lowest BCUT2D eigenvalue weighted by molar-refractivity contribution is 0.865. The minimum atomic E-state index is 0.604. The highest BCUT2D eigenvalue weighted by Crippen LogP contribution is 2.13. The first-order chi connectivity index (χ1) is 8.65. The van der Waals surface area contributed by atoms with Gasteiger partial charge in [-0.2, -0.15) is 5.10 Å². The summed E-state index contributed by atoms with van der Waals surface area (Å²) < 4.78 is 0. The predicted octanol–water partition coefficient (Wildman–Crippen LogP) is 2.51. The van der Waals surface area contributed by atoms with Crippen molar-refractivity contribution in [1.82, 2.24) is 15.5 Å². The van der Waals surface area contributed by atoms with Gasteiger partial charge in [-0.15, -0.1) is 0 Å². The van der Waals surface area contributed by atoms with Gasteiger partial charge in [-0.1, -0.05) is 6.07 Å². The first-order valence-electron chi connectivity index (χ1n) is 5.75. The van der Waals surface area contributed by atoms with E-state index in [2.05, 4.69) is 46.8 Å². The van der Waals surface area contributed by atoms with E-state index in [4.69, 9.17) is 12.2 Å². The summed E-state index contributed by atoms with van der Waals surface area (Å²) in [5.41, 5.74) is 4.52. The van der Waals surface area contributed by atoms with Gasteiger partial charge in [-0.3, -0.25) is 5.10 Å². The van der Waals surface area contributed by atoms with E-state index < -0.39 is 0 Å². The van der Waals surface area contributed by atoms with Crippen LogP contribution in [-0.2, 0) is 6.54 Å². The average molecular weight is 260 g/mol. The van der Waals surface area contributed by atoms with Crippen molar-refractivity contribution in [2.24, 2.45) is 0 Å². The summed E-state index contributed by atoms with van der Waals surface area (Å²) in [6.07, 6.45) is 1.72. The molecule has 0 saturated carbocycles. The van der Waals surface area contributed by atoms with Gasteiger partial charge in [0.25, 0.3) is 0 Å². The minimum absolute atomic E-state index is 0.604. The van der Waals surface area contributed by atoms with E-state index in [0.29, 0.717) is 11.7 Å². The molecule has 2 rings (SSSR count). The lowest BCUT2D eigenvalue weighted by Crippen LogP contribution is -2.28. The predicted molar refractivity (Wildman–Crippen MR) is 77.6 cm³/mol. The molecule has 4 nitrogen and oxygen atoms in total. The molecule has 0 atom stereocenters. The van der Waals surface area contributed by atoms with E-state index in [1.165, 1.54) is 11.1 Å². The van der Waals surface area contributed by atoms with Crippen molar-refractivity contribution in [3.63, 3.8) is 0 Å². The Morgan fingerprint density at radius 2 is 2.11 bits per heavy atom. The van der Waals surface area contributed by atoms with Crippen LogP contribution in [0.4, 0.5) is 5.69 Å². The molecular formula is C13H16N4S. The summed E-state index contributed by atoms with van der Waals surface area (Å²) >= 11 is 5.23. The van der Waals surface area contributed by atoms with Gasteiger partial charge in [-0.05, 0) is 55.4 Å². The van der Waals surface area contributed by atoms with Crippen LogP contribution in [0.25, 0.3) is 0 Å². The van der Waals surface area contributed by atoms with E-state index in [9.17, 15) is 0 Å². The van der Waals surface area contributed by atoms with Crippen LogP contribution in [-0.4, -0.2) is 15.3 Å². The van der Waals surface area contributed by atoms with Crippen LogP contribution in [0.3, 0.4) is 0 Å². The van der Waals surface area contributed by atoms with Gasteiger partial charge in [0.1, 0.15) is 0 Å². The van der Waals surface area contributed by atoms with E-state index in [1.54, 1.807) is 6.20 Å². The zero-order valence-corrected chi connectivity index (χ0v) is 11.3. The highest BCUT2D eigenvalue weighted by Gasteiger charge is 2.00. The number of nitrogens with zero attached hydrogens (tertiary/aromatic N) is 1. The molecule has 5 heteroatoms. The maximum absolute atomic E-state index is 5.23. The van der Waals surface area contributed by atoms with Gasteiger partial charge < -0.3 is 10.6 Å². The van der Waals surface area contributed by atoms with Gasteiger partial charge in [0.2, 0.25) is 0 Å². The smallest absolute Gasteiger partial charge is 0.171 e. The number of aryl methyl sites for hydroxylation is 2. The number of hydrogen-bond acceptors (Lipinski definition) is 2. The largest absolute Gasteiger partial charge is 0.357 e. The number of aromatic amines is 1. The lowest BCUT2D eigenvalue weighted by atomic mass is 10.1. The quantitative estimate of drug-likeness (QED) is 0.742. The highest BCUT2D eigenvalue weighted by molar-refractivity contribution is 7.80. The normalized spacial score (nSPS) is 10.1. The molecule has 1 heterocycles. The monoisotopic (exact) mass is 260 g/mol. The average Bonchev–Trinajstić information content (AvgIpc) is 2.84. The number of hydrogen-bond donors (Lipinski definition) is 3. The number of benzene rings is 1. The maximum Gasteiger partial charge on any atom is 0.171 e. The molecule has 94 valence electrons. The molecule has 0 fully saturated rings. The minimum Gasteiger partial charge on any atom is -0.357 e. The first-order valence-corrected chi connectivity index (χ1v) is 6.16. The Hall–Kier alpha value is -1.88. The van der Waals surface area contributed by atoms with Crippen LogP contribution in [0.2, 0.25) is 0 Å². The second-order valence-electron chi connectivity index (χ2n) is 4.19. The second kappa shape index (κ2) is 5.64. The fraction of sp³-hybridized carbons (Fsp3) is 0.231. The zero-order valence-electron chi connectivity index (χ0n) is 10.4. The number of aromatic nitrogens is 2. The van der Waals surface area contributed by atoms with E-state index in [0.717, 1.165) is 11.4 Å². The summed E-state index contributed by atoms with van der Waals surface area (Å²) in [7, 11) is 0. The summed E-state index contributed by atoms with van der Waals surface area (Å²) in [4.78, 5) is 0. The zero-order chi connectivity index (χ0) is 13.0. The van der Waals surface area contributed by atoms with Crippen LogP contribution >= 0.6 is 12.2 Å². The topological polar surface area (TPSA) is 52.7 Å². The molecule has 3 N–H and O–H groups in total. The summed E-state index contributed by atoms with van der Waals surface area (Å²) in [6.45, 7) is 4.81. The second-order valence-corrected chi connectivity index (χ2v) is 4.60. The van der Waals surface area contributed by atoms with Crippen molar-refractivity contribution in [2.45, 2.75) is 20.4 Å². The van der Waals surface area contributed by atoms with E-state index in [-0.39, 0.29) is 0 Å². The van der Waals surface area contributed by atoms with Gasteiger partial charge in [0.05, 0.1) is 12.2 Å². The SMILES string of the molecule is Cc1ccc(NC(=S)NCc2ccn[nH]2)cc1C. The molecule has 1 aromatic carbocycles. The van der Waals surface area contributed by atoms with E-state index >= 15 is 0 Å². The number of rotatable bonds is 3. The molecule has 0 bridgehead atoms. The van der Waals surface area contributed by atoms with Crippen molar-refractivity contribution in [2.75, 3.05) is 5.32 Å². The van der Waals surface area contributed by atoms with Crippen LogP contribution < -0.4 is 10.6 Å². The maximum atomic E-state index is 5.23. The third kappa shape index (κ3) is 3.30. The number of nitrogens with one attached hydrogen (secondary N) is 3. The summed E-state index contributed by atoms with van der Waals surface area (Å²) in [5, 5.41) is 13.6. The van der Waals surface area contributed by atoms with Crippen LogP contribution in [0.5, 0.6) is 0 Å². The Kier molecular flexibility index (Phi) is 3.94. The Labute approximate surface area is 112 Å². The Morgan fingerprint density at radius 3 is 2.78 bits per heavy atom. The van der Waals surface area contributed by atoms with Crippen LogP contribution in [0.1, 0.15) is 16.8 Å². The molecule has 0 aliphatic heterocycles. The molecule has 1 aromatic heterocycles. The van der Waals surface area contributed by atoms with Crippen molar-refractivity contribution in [3.8, 4) is 0 Å². The van der Waals surface area contributed by atoms with Crippen LogP contribution in [0.15, 0.2) is 30.5 Å². The van der Waals surface area contributed by atoms with Crippen molar-refractivity contribution in [1.29, 1.82) is 0 Å². The molecule has 0 spiro atoms. The summed E-state index contributed by atoms with van der Waals surface area (Å²) in [6, 6.07) is 8.09. The fourth-order valence-electron chi connectivity index (χ4n) is 1.55. The molecule has 0 unspecified atom stereocenters. The molecule has 0 aliphatic rings. The van der Waals surface area contributed by atoms with E-state index in [1.807, 2.05) is 12.1 Å². The third-order valence-corrected chi connectivity index (χ3v) is 3.01. The molecule has 18 heavy (non-hydrogen) atoms. The molecular weight excluding hydrogens is 244 g/mol. The summed E-state index contributed by atoms with van der Waals surface area (Å²) in [5.74, 6) is 0. The standard InChI is InChI=1S/C13H16N4S/c1-9-3-4-11(7-10(9)2)16-13(18)14-8-12-5-6-15-17-12/h3-7H,8H2,1-2H3,(H,15,17)(H2,14,16,18). The molecule has 0 radical (unpaired) electrons. The molecule has 0 aliphatic carbocycles. The number of anilines is 1. The van der Waals surface area contributed by atoms with Crippen molar-refractivity contribution < 1.29 is 0 Å². The van der Waals surface area contributed by atoms with Gasteiger partial charge in [-0.25, -0.2) is 0 Å². The third-order valence-electron chi connectivity index (χ3n) is 2.76. The lowest BCUT2D eigenvalue weighted by Gasteiger charge is -2.11. The Morgan fingerprint density at radius 1 is 1.28 bits per heavy atom. The van der Waals surface area contributed by atoms with Crippen molar-refractivity contribution in [3.05, 3.63) is 47.3 Å². The first kappa shape index (κ1) is 12.6. The van der Waals surface area contributed by atoms with Crippen LogP contribution in [0, 0.1) is 13.8 Å². The molecule has 2 aromatic rings. The fourth-order valence-corrected chi connectivity index (χ4v) is 1.74. The highest BCUT2D eigenvalue weighted by atomic mass is 32.1. The Bertz CT molecular complexity index is 534. The Balaban J connectivity index is 1.88. The molecule has 0 amide bonds. The van der Waals surface area contributed by atoms with Crippen molar-refractivity contribution >= 4 is 23.0 Å². The number of thiocarbonyl (C=S) groups is 1. The molecule has 0 saturated heterocycles. The van der Waals surface area contributed by atoms with Gasteiger partial charge in [0.15, 0.2) is 5.11 Å². The van der Waals surface area contributed by atoms with Gasteiger partial charge in [0, 0.05) is 11.9 Å². The van der Waals surface area contributed by atoms with Gasteiger partial charge >= 0.3 is 0 Å².